The van der Waals surface area contributed by atoms with E-state index in [0.717, 1.165) is 49.8 Å². The van der Waals surface area contributed by atoms with Crippen molar-refractivity contribution in [1.82, 2.24) is 14.9 Å². The number of fused-ring (bicyclic) bond motifs is 2. The summed E-state index contributed by atoms with van der Waals surface area (Å²) in [6.07, 6.45) is 3.47. The predicted octanol–water partition coefficient (Wildman–Crippen LogP) is 5.77. The Morgan fingerprint density at radius 1 is 1.02 bits per heavy atom. The monoisotopic (exact) mass is 657 g/mol. The van der Waals surface area contributed by atoms with Gasteiger partial charge in [-0.3, -0.25) is 14.7 Å². The second kappa shape index (κ2) is 14.6. The van der Waals surface area contributed by atoms with E-state index >= 15 is 0 Å². The molecule has 4 aromatic rings. The number of hydrogen-bond acceptors (Lipinski definition) is 10. The van der Waals surface area contributed by atoms with Gasteiger partial charge in [-0.25, -0.2) is 0 Å². The zero-order chi connectivity index (χ0) is 31.3. The topological polar surface area (TPSA) is 92.0 Å². The Morgan fingerprint density at radius 2 is 1.93 bits per heavy atom. The van der Waals surface area contributed by atoms with Crippen molar-refractivity contribution in [3.05, 3.63) is 100 Å². The molecule has 2 aromatic heterocycles. The van der Waals surface area contributed by atoms with Gasteiger partial charge in [-0.2, -0.15) is 0 Å². The number of aryl methyl sites for hydroxylation is 1. The number of aromatic nitrogens is 2. The van der Waals surface area contributed by atoms with Crippen LogP contribution in [0.15, 0.2) is 97.4 Å². The molecule has 0 aliphatic carbocycles. The predicted molar refractivity (Wildman–Crippen MR) is 183 cm³/mol. The first-order chi connectivity index (χ1) is 22.6. The molecule has 0 bridgehead atoms. The van der Waals surface area contributed by atoms with Gasteiger partial charge in [0.25, 0.3) is 5.56 Å². The van der Waals surface area contributed by atoms with Crippen molar-refractivity contribution in [2.75, 3.05) is 76.0 Å². The van der Waals surface area contributed by atoms with Crippen LogP contribution >= 0.6 is 23.5 Å². The number of nitrogens with zero attached hydrogens (tertiary/aromatic N) is 3. The fourth-order valence-corrected chi connectivity index (χ4v) is 8.44. The maximum atomic E-state index is 12.5. The standard InChI is InChI=1S/C35H39N5O4S2/c1-24-7-9-27(37-21-24)28(23-43-18-14-39-12-16-42-17-13-39)38-25-8-10-31-33(20-25)45-32-6-2-4-26(34(32)46-31)30-22-40(15-19-44-30)29-5-3-11-36-35(29)41/h2-11,20-21,28,30,38H,12-19,22-23H2,1H3,(H,36,41). The molecule has 0 spiro atoms. The van der Waals surface area contributed by atoms with Crippen molar-refractivity contribution in [3.8, 4) is 0 Å². The number of ether oxygens (including phenoxy) is 3. The number of morpholine rings is 2. The summed E-state index contributed by atoms with van der Waals surface area (Å²) >= 11 is 3.58. The van der Waals surface area contributed by atoms with E-state index in [1.807, 2.05) is 18.3 Å². The Morgan fingerprint density at radius 3 is 2.78 bits per heavy atom. The lowest BCUT2D eigenvalue weighted by Gasteiger charge is -2.35. The maximum Gasteiger partial charge on any atom is 0.271 e. The van der Waals surface area contributed by atoms with Crippen molar-refractivity contribution in [2.45, 2.75) is 38.7 Å². The van der Waals surface area contributed by atoms with Gasteiger partial charge in [-0.15, -0.1) is 0 Å². The van der Waals surface area contributed by atoms with Crippen LogP contribution in [0, 0.1) is 6.92 Å². The van der Waals surface area contributed by atoms with E-state index < -0.39 is 0 Å². The third kappa shape index (κ3) is 7.30. The third-order valence-electron chi connectivity index (χ3n) is 8.51. The zero-order valence-corrected chi connectivity index (χ0v) is 27.6. The first kappa shape index (κ1) is 31.3. The van der Waals surface area contributed by atoms with Crippen molar-refractivity contribution < 1.29 is 14.2 Å². The Kier molecular flexibility index (Phi) is 9.95. The molecule has 2 aromatic carbocycles. The molecule has 2 saturated heterocycles. The summed E-state index contributed by atoms with van der Waals surface area (Å²) in [6.45, 7) is 9.55. The molecule has 3 aliphatic heterocycles. The van der Waals surface area contributed by atoms with Gasteiger partial charge >= 0.3 is 0 Å². The lowest BCUT2D eigenvalue weighted by molar-refractivity contribution is 0.0193. The average molecular weight is 658 g/mol. The van der Waals surface area contributed by atoms with E-state index in [1.54, 1.807) is 29.7 Å². The molecular formula is C35H39N5O4S2. The number of benzene rings is 2. The molecule has 0 saturated carbocycles. The number of anilines is 2. The summed E-state index contributed by atoms with van der Waals surface area (Å²) in [7, 11) is 0. The lowest BCUT2D eigenvalue weighted by atomic mass is 10.1. The van der Waals surface area contributed by atoms with Crippen molar-refractivity contribution in [1.29, 1.82) is 0 Å². The Balaban J connectivity index is 1.05. The average Bonchev–Trinajstić information content (AvgIpc) is 3.09. The fourth-order valence-electron chi connectivity index (χ4n) is 5.99. The summed E-state index contributed by atoms with van der Waals surface area (Å²) in [5, 5.41) is 3.72. The van der Waals surface area contributed by atoms with Gasteiger partial charge in [-0.1, -0.05) is 41.7 Å². The van der Waals surface area contributed by atoms with E-state index in [0.29, 0.717) is 38.6 Å². The molecule has 0 amide bonds. The van der Waals surface area contributed by atoms with E-state index in [4.69, 9.17) is 19.2 Å². The summed E-state index contributed by atoms with van der Waals surface area (Å²) in [6, 6.07) is 20.9. The number of H-pyrrole nitrogens is 1. The molecule has 2 unspecified atom stereocenters. The molecule has 5 heterocycles. The largest absolute Gasteiger partial charge is 0.379 e. The quantitative estimate of drug-likeness (QED) is 0.180. The summed E-state index contributed by atoms with van der Waals surface area (Å²) in [4.78, 5) is 29.4. The van der Waals surface area contributed by atoms with Crippen LogP contribution in [0.3, 0.4) is 0 Å². The molecular weight excluding hydrogens is 619 g/mol. The van der Waals surface area contributed by atoms with Crippen LogP contribution in [0.1, 0.15) is 29.0 Å². The third-order valence-corrected chi connectivity index (χ3v) is 11.1. The molecule has 0 radical (unpaired) electrons. The highest BCUT2D eigenvalue weighted by molar-refractivity contribution is 8.05. The van der Waals surface area contributed by atoms with E-state index in [9.17, 15) is 4.79 Å². The molecule has 9 nitrogen and oxygen atoms in total. The van der Waals surface area contributed by atoms with Gasteiger partial charge in [0.05, 0.1) is 44.8 Å². The highest BCUT2D eigenvalue weighted by Gasteiger charge is 2.29. The molecule has 46 heavy (non-hydrogen) atoms. The minimum Gasteiger partial charge on any atom is -0.379 e. The highest BCUT2D eigenvalue weighted by atomic mass is 32.2. The molecule has 11 heteroatoms. The van der Waals surface area contributed by atoms with Crippen LogP contribution in [-0.4, -0.2) is 80.6 Å². The SMILES string of the molecule is Cc1ccc(C(COCCN2CCOCC2)Nc2ccc3c(c2)Sc2cccc(C4CN(c5ccc[nH]c5=O)CCO4)c2S3)nc1. The molecule has 7 rings (SSSR count). The van der Waals surface area contributed by atoms with Crippen LogP contribution in [-0.2, 0) is 14.2 Å². The van der Waals surface area contributed by atoms with E-state index in [1.165, 1.54) is 25.1 Å². The van der Waals surface area contributed by atoms with E-state index in [2.05, 4.69) is 75.6 Å². The van der Waals surface area contributed by atoms with Crippen LogP contribution in [0.5, 0.6) is 0 Å². The number of aromatic amines is 1. The number of rotatable bonds is 10. The van der Waals surface area contributed by atoms with Crippen molar-refractivity contribution >= 4 is 34.9 Å². The maximum absolute atomic E-state index is 12.5. The van der Waals surface area contributed by atoms with Crippen LogP contribution in [0.2, 0.25) is 0 Å². The second-order valence-corrected chi connectivity index (χ2v) is 13.9. The molecule has 2 N–H and O–H groups in total. The molecule has 240 valence electrons. The van der Waals surface area contributed by atoms with Crippen LogP contribution < -0.4 is 15.8 Å². The van der Waals surface area contributed by atoms with Gasteiger partial charge in [-0.05, 0) is 60.5 Å². The number of hydrogen-bond donors (Lipinski definition) is 2. The van der Waals surface area contributed by atoms with Gasteiger partial charge in [0.2, 0.25) is 0 Å². The first-order valence-corrected chi connectivity index (χ1v) is 17.5. The second-order valence-electron chi connectivity index (χ2n) is 11.7. The van der Waals surface area contributed by atoms with Gasteiger partial charge < -0.3 is 29.4 Å². The smallest absolute Gasteiger partial charge is 0.271 e. The van der Waals surface area contributed by atoms with Gasteiger partial charge in [0, 0.05) is 70.4 Å². The van der Waals surface area contributed by atoms with Crippen LogP contribution in [0.4, 0.5) is 11.4 Å². The Bertz CT molecular complexity index is 1700. The fraction of sp³-hybridized carbons (Fsp3) is 0.371. The summed E-state index contributed by atoms with van der Waals surface area (Å²) in [5.74, 6) is 0. The van der Waals surface area contributed by atoms with Crippen molar-refractivity contribution in [3.63, 3.8) is 0 Å². The normalized spacial score (nSPS) is 18.9. The molecule has 2 fully saturated rings. The molecule has 2 atom stereocenters. The van der Waals surface area contributed by atoms with Gasteiger partial charge in [0.1, 0.15) is 11.8 Å². The number of pyridine rings is 2. The zero-order valence-electron chi connectivity index (χ0n) is 25.9. The number of nitrogens with one attached hydrogen (secondary N) is 2. The Labute approximate surface area is 278 Å². The van der Waals surface area contributed by atoms with Crippen molar-refractivity contribution in [2.24, 2.45) is 0 Å². The minimum absolute atomic E-state index is 0.0681. The first-order valence-electron chi connectivity index (χ1n) is 15.8. The Hall–Kier alpha value is -3.32. The van der Waals surface area contributed by atoms with Gasteiger partial charge in [0.15, 0.2) is 0 Å². The van der Waals surface area contributed by atoms with E-state index in [-0.39, 0.29) is 17.7 Å². The summed E-state index contributed by atoms with van der Waals surface area (Å²) in [5.41, 5.74) is 4.92. The highest BCUT2D eigenvalue weighted by Crippen LogP contribution is 2.52. The summed E-state index contributed by atoms with van der Waals surface area (Å²) < 4.78 is 18.0. The minimum atomic E-state index is -0.120. The van der Waals surface area contributed by atoms with Crippen LogP contribution in [0.25, 0.3) is 0 Å². The lowest BCUT2D eigenvalue weighted by Crippen LogP contribution is -2.41. The molecule has 3 aliphatic rings.